The first-order chi connectivity index (χ1) is 13.3. The molecule has 1 atom stereocenters. The Bertz CT molecular complexity index is 886. The highest BCUT2D eigenvalue weighted by molar-refractivity contribution is 9.10. The fraction of sp³-hybridized carbons (Fsp3) is 0.455. The molecule has 5 nitrogen and oxygen atoms in total. The van der Waals surface area contributed by atoms with Crippen molar-refractivity contribution in [2.24, 2.45) is 0 Å². The first-order valence-corrected chi connectivity index (χ1v) is 10.5. The lowest BCUT2D eigenvalue weighted by atomic mass is 10.1. The van der Waals surface area contributed by atoms with Crippen LogP contribution in [0.3, 0.4) is 0 Å². The lowest BCUT2D eigenvalue weighted by Crippen LogP contribution is -2.49. The Morgan fingerprint density at radius 2 is 1.79 bits per heavy atom. The van der Waals surface area contributed by atoms with Crippen molar-refractivity contribution in [2.75, 3.05) is 4.90 Å². The predicted octanol–water partition coefficient (Wildman–Crippen LogP) is 5.86. The Morgan fingerprint density at radius 3 is 2.36 bits per heavy atom. The number of ether oxygens (including phenoxy) is 2. The van der Waals surface area contributed by atoms with Gasteiger partial charge < -0.3 is 14.4 Å². The summed E-state index contributed by atoms with van der Waals surface area (Å²) in [7, 11) is 0. The number of benzene rings is 1. The average molecular weight is 447 g/mol. The van der Waals surface area contributed by atoms with Crippen LogP contribution in [0.2, 0.25) is 0 Å². The molecule has 3 rings (SSSR count). The second-order valence-electron chi connectivity index (χ2n) is 7.33. The van der Waals surface area contributed by atoms with Gasteiger partial charge in [-0.25, -0.2) is 4.98 Å². The van der Waals surface area contributed by atoms with E-state index >= 15 is 0 Å². The Morgan fingerprint density at radius 1 is 1.18 bits per heavy atom. The van der Waals surface area contributed by atoms with Gasteiger partial charge >= 0.3 is 0 Å². The van der Waals surface area contributed by atoms with Gasteiger partial charge in [0.05, 0.1) is 5.69 Å². The first-order valence-electron chi connectivity index (χ1n) is 9.72. The Kier molecular flexibility index (Phi) is 5.98. The van der Waals surface area contributed by atoms with Crippen molar-refractivity contribution in [1.82, 2.24) is 4.98 Å². The number of nitrogens with zero attached hydrogens (tertiary/aromatic N) is 2. The Labute approximate surface area is 175 Å². The van der Waals surface area contributed by atoms with Crippen LogP contribution in [0.15, 0.2) is 22.7 Å². The van der Waals surface area contributed by atoms with Crippen molar-refractivity contribution in [2.45, 2.75) is 66.5 Å². The second kappa shape index (κ2) is 8.11. The minimum Gasteiger partial charge on any atom is -0.473 e. The molecule has 0 N–H and O–H groups in total. The molecule has 1 aliphatic heterocycles. The van der Waals surface area contributed by atoms with Gasteiger partial charge in [-0.15, -0.1) is 0 Å². The number of rotatable bonds is 5. The molecule has 150 valence electrons. The zero-order chi connectivity index (χ0) is 20.6. The van der Waals surface area contributed by atoms with Crippen LogP contribution < -0.4 is 14.4 Å². The lowest BCUT2D eigenvalue weighted by Gasteiger charge is -2.38. The molecule has 1 aromatic carbocycles. The molecule has 1 unspecified atom stereocenters. The summed E-state index contributed by atoms with van der Waals surface area (Å²) < 4.78 is 13.2. The van der Waals surface area contributed by atoms with Gasteiger partial charge in [0.25, 0.3) is 11.8 Å². The molecule has 0 fully saturated rings. The number of anilines is 1. The van der Waals surface area contributed by atoms with Crippen LogP contribution >= 0.6 is 15.9 Å². The van der Waals surface area contributed by atoms with E-state index < -0.39 is 6.10 Å². The quantitative estimate of drug-likeness (QED) is 0.576. The summed E-state index contributed by atoms with van der Waals surface area (Å²) in [6, 6.07) is 6.04. The van der Waals surface area contributed by atoms with E-state index in [4.69, 9.17) is 9.47 Å². The van der Waals surface area contributed by atoms with Gasteiger partial charge in [-0.2, -0.15) is 0 Å². The van der Waals surface area contributed by atoms with Crippen LogP contribution in [0.25, 0.3) is 0 Å². The maximum atomic E-state index is 12.9. The van der Waals surface area contributed by atoms with Gasteiger partial charge in [0.1, 0.15) is 5.75 Å². The van der Waals surface area contributed by atoms with Crippen LogP contribution in [0.5, 0.6) is 17.4 Å². The zero-order valence-corrected chi connectivity index (χ0v) is 18.9. The van der Waals surface area contributed by atoms with E-state index in [1.807, 2.05) is 43.9 Å². The molecule has 0 aliphatic carbocycles. The van der Waals surface area contributed by atoms with Crippen molar-refractivity contribution in [1.29, 1.82) is 0 Å². The third-order valence-corrected chi connectivity index (χ3v) is 5.58. The highest BCUT2D eigenvalue weighted by Gasteiger charge is 2.37. The summed E-state index contributed by atoms with van der Waals surface area (Å²) in [5, 5.41) is 0. The molecule has 2 aromatic rings. The van der Waals surface area contributed by atoms with Crippen molar-refractivity contribution >= 4 is 27.5 Å². The molecule has 28 heavy (non-hydrogen) atoms. The molecule has 0 bridgehead atoms. The lowest BCUT2D eigenvalue weighted by molar-refractivity contribution is -0.126. The number of hydrogen-bond donors (Lipinski definition) is 0. The largest absolute Gasteiger partial charge is 0.473 e. The van der Waals surface area contributed by atoms with Crippen LogP contribution in [-0.2, 0) is 4.79 Å². The fourth-order valence-corrected chi connectivity index (χ4v) is 4.39. The van der Waals surface area contributed by atoms with E-state index in [2.05, 4.69) is 34.8 Å². The number of pyridine rings is 1. The number of halogens is 1. The molecule has 1 amide bonds. The topological polar surface area (TPSA) is 51.7 Å². The Hall–Kier alpha value is -2.08. The standard InChI is InChI=1S/C22H27BrN2O3/c1-7-17(8-2)25-18-11-14(5)24-21(20(18)27-15(6)22(25)26)28-19-12(3)9-16(23)10-13(19)4/h9-11,15,17H,7-8H2,1-6H3. The van der Waals surface area contributed by atoms with E-state index in [9.17, 15) is 4.79 Å². The number of fused-ring (bicyclic) bond motifs is 1. The summed E-state index contributed by atoms with van der Waals surface area (Å²) in [4.78, 5) is 19.4. The number of amides is 1. The molecular weight excluding hydrogens is 420 g/mol. The van der Waals surface area contributed by atoms with Crippen LogP contribution in [0.4, 0.5) is 5.69 Å². The van der Waals surface area contributed by atoms with E-state index in [-0.39, 0.29) is 11.9 Å². The summed E-state index contributed by atoms with van der Waals surface area (Å²) in [5.41, 5.74) is 3.52. The highest BCUT2D eigenvalue weighted by Crippen LogP contribution is 2.45. The van der Waals surface area contributed by atoms with E-state index in [1.165, 1.54) is 0 Å². The van der Waals surface area contributed by atoms with E-state index in [0.29, 0.717) is 11.6 Å². The third kappa shape index (κ3) is 3.75. The third-order valence-electron chi connectivity index (χ3n) is 5.12. The summed E-state index contributed by atoms with van der Waals surface area (Å²) in [6.45, 7) is 11.9. The van der Waals surface area contributed by atoms with Gasteiger partial charge in [0.2, 0.25) is 5.75 Å². The molecule has 0 saturated heterocycles. The number of carbonyl (C=O) groups excluding carboxylic acids is 1. The molecule has 0 radical (unpaired) electrons. The van der Waals surface area contributed by atoms with E-state index in [1.54, 1.807) is 6.92 Å². The molecular formula is C22H27BrN2O3. The maximum absolute atomic E-state index is 12.9. The number of aromatic nitrogens is 1. The smallest absolute Gasteiger partial charge is 0.268 e. The van der Waals surface area contributed by atoms with Gasteiger partial charge in [0, 0.05) is 16.2 Å². The van der Waals surface area contributed by atoms with Crippen LogP contribution in [0, 0.1) is 20.8 Å². The van der Waals surface area contributed by atoms with E-state index in [0.717, 1.165) is 45.6 Å². The van der Waals surface area contributed by atoms with Gasteiger partial charge in [-0.3, -0.25) is 4.79 Å². The fourth-order valence-electron chi connectivity index (χ4n) is 3.70. The van der Waals surface area contributed by atoms with Gasteiger partial charge in [0.15, 0.2) is 6.10 Å². The van der Waals surface area contributed by atoms with Crippen LogP contribution in [0.1, 0.15) is 50.4 Å². The predicted molar refractivity (Wildman–Crippen MR) is 115 cm³/mol. The molecule has 0 saturated carbocycles. The molecule has 1 aromatic heterocycles. The van der Waals surface area contributed by atoms with Crippen molar-refractivity contribution < 1.29 is 14.3 Å². The molecule has 1 aliphatic rings. The van der Waals surface area contributed by atoms with Gasteiger partial charge in [-0.05, 0) is 69.9 Å². The normalized spacial score (nSPS) is 16.2. The molecule has 6 heteroatoms. The molecule has 0 spiro atoms. The molecule has 2 heterocycles. The van der Waals surface area contributed by atoms with Crippen molar-refractivity contribution in [3.63, 3.8) is 0 Å². The average Bonchev–Trinajstić information content (AvgIpc) is 2.62. The monoisotopic (exact) mass is 446 g/mol. The van der Waals surface area contributed by atoms with Crippen molar-refractivity contribution in [3.05, 3.63) is 39.5 Å². The summed E-state index contributed by atoms with van der Waals surface area (Å²) in [6.07, 6.45) is 1.17. The summed E-state index contributed by atoms with van der Waals surface area (Å²) >= 11 is 3.52. The minimum absolute atomic E-state index is 0.0197. The summed E-state index contributed by atoms with van der Waals surface area (Å²) in [5.74, 6) is 1.67. The zero-order valence-electron chi connectivity index (χ0n) is 17.3. The van der Waals surface area contributed by atoms with Gasteiger partial charge in [-0.1, -0.05) is 29.8 Å². The van der Waals surface area contributed by atoms with Crippen LogP contribution in [-0.4, -0.2) is 23.0 Å². The number of aryl methyl sites for hydroxylation is 3. The van der Waals surface area contributed by atoms with Crippen molar-refractivity contribution in [3.8, 4) is 17.4 Å². The SMILES string of the molecule is CCC(CC)N1C(=O)C(C)Oc2c1cc(C)nc2Oc1c(C)cc(Br)cc1C. The Balaban J connectivity index is 2.14. The highest BCUT2D eigenvalue weighted by atomic mass is 79.9. The maximum Gasteiger partial charge on any atom is 0.268 e. The number of carbonyl (C=O) groups is 1. The minimum atomic E-state index is -0.577. The number of hydrogen-bond acceptors (Lipinski definition) is 4. The second-order valence-corrected chi connectivity index (χ2v) is 8.24. The first kappa shape index (κ1) is 20.6.